The van der Waals surface area contributed by atoms with Gasteiger partial charge in [0.15, 0.2) is 0 Å². The number of anilines is 1. The van der Waals surface area contributed by atoms with E-state index in [-0.39, 0.29) is 23.7 Å². The second-order valence-electron chi connectivity index (χ2n) is 14.4. The number of hydrogen-bond acceptors (Lipinski definition) is 7. The molecule has 9 nitrogen and oxygen atoms in total. The van der Waals surface area contributed by atoms with E-state index in [1.807, 2.05) is 24.0 Å². The van der Waals surface area contributed by atoms with Gasteiger partial charge in [-0.25, -0.2) is 14.4 Å². The highest BCUT2D eigenvalue weighted by Gasteiger charge is 2.31. The number of benzene rings is 1. The Labute approximate surface area is 278 Å². The summed E-state index contributed by atoms with van der Waals surface area (Å²) in [5.74, 6) is 1.94. The van der Waals surface area contributed by atoms with Gasteiger partial charge in [0, 0.05) is 49.2 Å². The van der Waals surface area contributed by atoms with Crippen molar-refractivity contribution in [1.82, 2.24) is 30.0 Å². The number of aryl methyl sites for hydroxylation is 2. The van der Waals surface area contributed by atoms with Gasteiger partial charge in [0.25, 0.3) is 0 Å². The predicted octanol–water partition coefficient (Wildman–Crippen LogP) is 6.27. The molecule has 3 aliphatic rings. The summed E-state index contributed by atoms with van der Waals surface area (Å²) in [4.78, 5) is 24.4. The third-order valence-corrected chi connectivity index (χ3v) is 10.9. The highest BCUT2D eigenvalue weighted by Crippen LogP contribution is 2.37. The maximum atomic E-state index is 14.2. The molecule has 1 saturated carbocycles. The average molecular weight is 646 g/mol. The van der Waals surface area contributed by atoms with Crippen LogP contribution in [0.25, 0.3) is 0 Å². The molecule has 2 fully saturated rings. The van der Waals surface area contributed by atoms with E-state index < -0.39 is 5.97 Å². The number of nitrogens with zero attached hydrogens (tertiary/aromatic N) is 5. The van der Waals surface area contributed by atoms with Crippen molar-refractivity contribution in [3.05, 3.63) is 70.7 Å². The Bertz CT molecular complexity index is 1500. The number of hydrogen-bond donors (Lipinski definition) is 3. The molecular weight excluding hydrogens is 593 g/mol. The van der Waals surface area contributed by atoms with Gasteiger partial charge in [-0.15, -0.1) is 0 Å². The molecule has 0 bridgehead atoms. The number of carboxylic acid groups (broad SMARTS) is 1. The van der Waals surface area contributed by atoms with Crippen molar-refractivity contribution in [1.29, 1.82) is 0 Å². The largest absolute Gasteiger partial charge is 0.481 e. The third-order valence-electron chi connectivity index (χ3n) is 10.9. The summed E-state index contributed by atoms with van der Waals surface area (Å²) in [5, 5.41) is 21.7. The van der Waals surface area contributed by atoms with E-state index in [0.717, 1.165) is 105 Å². The molecule has 4 atom stereocenters. The zero-order chi connectivity index (χ0) is 32.9. The van der Waals surface area contributed by atoms with Crippen molar-refractivity contribution in [2.45, 2.75) is 103 Å². The van der Waals surface area contributed by atoms with Crippen molar-refractivity contribution < 1.29 is 14.3 Å². The van der Waals surface area contributed by atoms with Gasteiger partial charge in [-0.2, -0.15) is 5.10 Å². The van der Waals surface area contributed by atoms with E-state index in [1.165, 1.54) is 18.9 Å². The molecule has 3 N–H and O–H groups in total. The molecule has 0 radical (unpaired) electrons. The zero-order valence-corrected chi connectivity index (χ0v) is 28.3. The van der Waals surface area contributed by atoms with Crippen molar-refractivity contribution in [2.24, 2.45) is 24.8 Å². The van der Waals surface area contributed by atoms with E-state index >= 15 is 0 Å². The normalized spacial score (nSPS) is 24.8. The molecule has 0 unspecified atom stereocenters. The highest BCUT2D eigenvalue weighted by atomic mass is 19.1. The van der Waals surface area contributed by atoms with E-state index in [2.05, 4.69) is 40.7 Å². The van der Waals surface area contributed by atoms with Crippen molar-refractivity contribution in [2.75, 3.05) is 25.0 Å². The lowest BCUT2D eigenvalue weighted by atomic mass is 9.78. The lowest BCUT2D eigenvalue weighted by Crippen LogP contribution is -2.39. The summed E-state index contributed by atoms with van der Waals surface area (Å²) in [6, 6.07) is 7.33. The number of likely N-dealkylation sites (tertiary alicyclic amines) is 1. The minimum absolute atomic E-state index is 0.0103. The summed E-state index contributed by atoms with van der Waals surface area (Å²) >= 11 is 0. The van der Waals surface area contributed by atoms with Crippen molar-refractivity contribution >= 4 is 11.8 Å². The summed E-state index contributed by atoms with van der Waals surface area (Å²) in [6.45, 7) is 8.15. The number of carboxylic acids is 1. The number of aromatic nitrogens is 4. The molecule has 47 heavy (non-hydrogen) atoms. The molecule has 254 valence electrons. The van der Waals surface area contributed by atoms with Crippen LogP contribution in [0, 0.1) is 23.6 Å². The van der Waals surface area contributed by atoms with Crippen LogP contribution < -0.4 is 10.6 Å². The van der Waals surface area contributed by atoms with E-state index in [9.17, 15) is 14.3 Å². The van der Waals surface area contributed by atoms with Gasteiger partial charge in [0.2, 0.25) is 0 Å². The fourth-order valence-corrected chi connectivity index (χ4v) is 8.27. The Morgan fingerprint density at radius 1 is 1.15 bits per heavy atom. The number of piperidine rings is 1. The van der Waals surface area contributed by atoms with Crippen LogP contribution >= 0.6 is 0 Å². The third kappa shape index (κ3) is 8.38. The minimum atomic E-state index is -0.661. The van der Waals surface area contributed by atoms with Gasteiger partial charge in [-0.1, -0.05) is 26.0 Å². The number of halogens is 1. The second kappa shape index (κ2) is 15.2. The van der Waals surface area contributed by atoms with Gasteiger partial charge in [-0.3, -0.25) is 9.48 Å². The molecule has 10 heteroatoms. The van der Waals surface area contributed by atoms with Gasteiger partial charge in [0.1, 0.15) is 17.5 Å². The van der Waals surface area contributed by atoms with Crippen LogP contribution in [-0.2, 0) is 31.2 Å². The van der Waals surface area contributed by atoms with E-state index in [1.54, 1.807) is 12.1 Å². The highest BCUT2D eigenvalue weighted by molar-refractivity contribution is 5.70. The smallest absolute Gasteiger partial charge is 0.306 e. The molecule has 0 amide bonds. The number of carbonyl (C=O) groups is 1. The maximum absolute atomic E-state index is 14.2. The zero-order valence-electron chi connectivity index (χ0n) is 28.3. The van der Waals surface area contributed by atoms with E-state index in [0.29, 0.717) is 24.4 Å². The first-order chi connectivity index (χ1) is 22.7. The van der Waals surface area contributed by atoms with Gasteiger partial charge in [-0.05, 0) is 106 Å². The first-order valence-corrected chi connectivity index (χ1v) is 17.8. The SMILES string of the molecule is CC[C@@H](NCc1nc2c(c(N[C@@H](CN3CCC[C@H](C)C3)c3cnn(C)c3)n1)C[C@@H](c1cccc(F)c1)CC2)C1CCC(C(=O)O)CC1. The number of fused-ring (bicyclic) bond motifs is 1. The molecule has 3 heterocycles. The molecule has 6 rings (SSSR count). The van der Waals surface area contributed by atoms with Crippen LogP contribution in [0.4, 0.5) is 10.2 Å². The summed E-state index contributed by atoms with van der Waals surface area (Å²) in [5.41, 5.74) is 4.38. The standard InChI is InChI=1S/C37H52FN7O2/c1-4-32(25-10-12-26(13-11-25)37(46)47)39-20-35-41-33-15-14-28(27-8-5-9-30(38)17-27)18-31(33)36(43-35)42-34(29-19-40-44(3)22-29)23-45-16-6-7-24(2)21-45/h5,8-9,17,19,22,24-26,28,32,34,39H,4,6-7,10-16,18,20-21,23H2,1-3H3,(H,46,47)(H,41,42,43)/t24-,25?,26?,28-,32+,34-/m0/s1. The molecule has 1 aliphatic heterocycles. The molecule has 1 aromatic carbocycles. The Kier molecular flexibility index (Phi) is 10.9. The topological polar surface area (TPSA) is 108 Å². The van der Waals surface area contributed by atoms with Crippen LogP contribution in [0.1, 0.15) is 105 Å². The van der Waals surface area contributed by atoms with Crippen LogP contribution in [-0.4, -0.2) is 61.4 Å². The number of rotatable bonds is 12. The van der Waals surface area contributed by atoms with Crippen LogP contribution in [0.5, 0.6) is 0 Å². The summed E-state index contributed by atoms with van der Waals surface area (Å²) in [6.07, 6.45) is 13.4. The minimum Gasteiger partial charge on any atom is -0.481 e. The molecule has 2 aliphatic carbocycles. The summed E-state index contributed by atoms with van der Waals surface area (Å²) in [7, 11) is 1.96. The quantitative estimate of drug-likeness (QED) is 0.212. The fraction of sp³-hybridized carbons (Fsp3) is 0.622. The Morgan fingerprint density at radius 2 is 1.98 bits per heavy atom. The maximum Gasteiger partial charge on any atom is 0.306 e. The lowest BCUT2D eigenvalue weighted by molar-refractivity contribution is -0.143. The predicted molar refractivity (Wildman–Crippen MR) is 182 cm³/mol. The fourth-order valence-electron chi connectivity index (χ4n) is 8.27. The monoisotopic (exact) mass is 645 g/mol. The lowest BCUT2D eigenvalue weighted by Gasteiger charge is -2.35. The average Bonchev–Trinajstić information content (AvgIpc) is 3.51. The van der Waals surface area contributed by atoms with Crippen molar-refractivity contribution in [3.8, 4) is 0 Å². The Balaban J connectivity index is 1.26. The van der Waals surface area contributed by atoms with Crippen LogP contribution in [0.15, 0.2) is 36.7 Å². The van der Waals surface area contributed by atoms with Crippen LogP contribution in [0.2, 0.25) is 0 Å². The first-order valence-electron chi connectivity index (χ1n) is 17.8. The molecular formula is C37H52FN7O2. The van der Waals surface area contributed by atoms with Gasteiger partial charge >= 0.3 is 5.97 Å². The van der Waals surface area contributed by atoms with Crippen molar-refractivity contribution in [3.63, 3.8) is 0 Å². The number of aliphatic carboxylic acids is 1. The number of nitrogens with one attached hydrogen (secondary N) is 2. The second-order valence-corrected chi connectivity index (χ2v) is 14.4. The van der Waals surface area contributed by atoms with Gasteiger partial charge < -0.3 is 20.6 Å². The summed E-state index contributed by atoms with van der Waals surface area (Å²) < 4.78 is 16.1. The first kappa shape index (κ1) is 33.5. The Morgan fingerprint density at radius 3 is 2.68 bits per heavy atom. The molecule has 2 aromatic heterocycles. The van der Waals surface area contributed by atoms with Gasteiger partial charge in [0.05, 0.1) is 24.7 Å². The van der Waals surface area contributed by atoms with E-state index in [4.69, 9.17) is 9.97 Å². The molecule has 1 saturated heterocycles. The Hall–Kier alpha value is -3.37. The van der Waals surface area contributed by atoms with Crippen LogP contribution in [0.3, 0.4) is 0 Å². The molecule has 3 aromatic rings. The molecule has 0 spiro atoms.